The zero-order valence-electron chi connectivity index (χ0n) is 52.1. The average molecular weight is 1220 g/mol. The van der Waals surface area contributed by atoms with Crippen LogP contribution in [0.4, 0.5) is 0 Å². The second-order valence-electron chi connectivity index (χ2n) is 24.1. The fourth-order valence-corrected chi connectivity index (χ4v) is 12.7. The SMILES string of the molecule is CCC(OC(=O)CCCCCCCC(Cc1cccc2cc3ccccc3cc12)OC=O)(OC(=O)CCCCCCCC(Cc1cccc2cc3ccccc3cc12)OC=O)OC(=O)CCCCCCCC(Cc1cccc2cc3ccccc3cc12)OC=O. The molecule has 0 heterocycles. The molecule has 12 heteroatoms. The summed E-state index contributed by atoms with van der Waals surface area (Å²) >= 11 is 0. The van der Waals surface area contributed by atoms with Crippen molar-refractivity contribution in [3.63, 3.8) is 0 Å². The first-order valence-electron chi connectivity index (χ1n) is 32.8. The molecule has 470 valence electrons. The predicted molar refractivity (Wildman–Crippen MR) is 357 cm³/mol. The number of hydrogen-bond donors (Lipinski definition) is 0. The van der Waals surface area contributed by atoms with Crippen LogP contribution in [0.1, 0.15) is 165 Å². The molecule has 0 aromatic heterocycles. The first-order valence-corrected chi connectivity index (χ1v) is 32.8. The standard InChI is InChI=1S/C78H86O12/c1-2-78(88-75(82)42-15-9-3-6-12-39-69(85-54-79)48-66-36-24-33-63-45-57-27-18-21-30-60(57)51-72(63)66,89-76(83)43-16-10-4-7-13-40-70(86-55-80)49-67-37-25-34-64-46-58-28-19-22-31-61(58)52-73(64)67)90-77(84)44-17-11-5-8-14-41-71(87-56-81)50-68-38-26-35-65-47-59-29-20-23-32-62(59)53-74(65)68/h18-38,45-47,51-56,69-71H,2-17,39-44,48-50H2,1H3. The van der Waals surface area contributed by atoms with Gasteiger partial charge < -0.3 is 28.4 Å². The predicted octanol–water partition coefficient (Wildman–Crippen LogP) is 18.1. The molecule has 9 aromatic rings. The zero-order chi connectivity index (χ0) is 62.8. The smallest absolute Gasteiger partial charge is 0.423 e. The van der Waals surface area contributed by atoms with Gasteiger partial charge in [0.1, 0.15) is 18.3 Å². The number of ether oxygens (including phenoxy) is 6. The van der Waals surface area contributed by atoms with Crippen molar-refractivity contribution >= 4 is 102 Å². The summed E-state index contributed by atoms with van der Waals surface area (Å²) in [5, 5.41) is 13.9. The lowest BCUT2D eigenvalue weighted by molar-refractivity contribution is -0.331. The Hall–Kier alpha value is -8.64. The molecule has 0 fully saturated rings. The highest BCUT2D eigenvalue weighted by Gasteiger charge is 2.41. The average Bonchev–Trinajstić information content (AvgIpc) is 1.01. The van der Waals surface area contributed by atoms with Gasteiger partial charge in [-0.05, 0) is 176 Å². The van der Waals surface area contributed by atoms with Crippen LogP contribution in [-0.4, -0.2) is 61.6 Å². The minimum absolute atomic E-state index is 0.0409. The normalized spacial score (nSPS) is 13.2. The molecule has 0 aliphatic heterocycles. The van der Waals surface area contributed by atoms with Crippen LogP contribution in [0.15, 0.2) is 164 Å². The molecule has 12 nitrogen and oxygen atoms in total. The number of benzene rings is 9. The van der Waals surface area contributed by atoms with Gasteiger partial charge in [-0.15, -0.1) is 0 Å². The minimum atomic E-state index is -2.20. The molecule has 9 rings (SSSR count). The number of fused-ring (bicyclic) bond motifs is 6. The van der Waals surface area contributed by atoms with E-state index in [9.17, 15) is 28.8 Å². The topological polar surface area (TPSA) is 158 Å². The van der Waals surface area contributed by atoms with Crippen molar-refractivity contribution in [3.05, 3.63) is 180 Å². The van der Waals surface area contributed by atoms with Gasteiger partial charge in [-0.25, -0.2) is 0 Å². The second-order valence-corrected chi connectivity index (χ2v) is 24.1. The minimum Gasteiger partial charge on any atom is -0.464 e. The number of carbonyl (C=O) groups is 6. The molecule has 0 N–H and O–H groups in total. The highest BCUT2D eigenvalue weighted by molar-refractivity contribution is 6.02. The molecular weight excluding hydrogens is 1130 g/mol. The zero-order valence-corrected chi connectivity index (χ0v) is 52.1. The summed E-state index contributed by atoms with van der Waals surface area (Å²) < 4.78 is 34.3. The molecule has 90 heavy (non-hydrogen) atoms. The van der Waals surface area contributed by atoms with Crippen molar-refractivity contribution in [3.8, 4) is 0 Å². The van der Waals surface area contributed by atoms with Gasteiger partial charge in [-0.1, -0.05) is 192 Å². The number of hydrogen-bond acceptors (Lipinski definition) is 12. The van der Waals surface area contributed by atoms with E-state index in [1.54, 1.807) is 6.92 Å². The van der Waals surface area contributed by atoms with Crippen LogP contribution >= 0.6 is 0 Å². The number of esters is 3. The largest absolute Gasteiger partial charge is 0.464 e. The van der Waals surface area contributed by atoms with Crippen LogP contribution in [0.3, 0.4) is 0 Å². The Morgan fingerprint density at radius 2 is 0.589 bits per heavy atom. The van der Waals surface area contributed by atoms with Gasteiger partial charge in [0.05, 0.1) is 6.42 Å². The Kier molecular flexibility index (Phi) is 25.1. The first-order chi connectivity index (χ1) is 44.1. The van der Waals surface area contributed by atoms with E-state index in [1.807, 2.05) is 54.6 Å². The molecule has 0 bridgehead atoms. The Morgan fingerprint density at radius 3 is 0.867 bits per heavy atom. The van der Waals surface area contributed by atoms with Crippen molar-refractivity contribution in [1.82, 2.24) is 0 Å². The highest BCUT2D eigenvalue weighted by atomic mass is 16.9. The summed E-state index contributed by atoms with van der Waals surface area (Å²) in [5.74, 6) is -4.09. The van der Waals surface area contributed by atoms with Gasteiger partial charge in [0.25, 0.3) is 19.4 Å². The Morgan fingerprint density at radius 1 is 0.333 bits per heavy atom. The van der Waals surface area contributed by atoms with E-state index in [-0.39, 0.29) is 44.0 Å². The van der Waals surface area contributed by atoms with E-state index in [2.05, 4.69) is 109 Å². The molecule has 0 amide bonds. The molecule has 0 saturated carbocycles. The van der Waals surface area contributed by atoms with E-state index < -0.39 is 23.9 Å². The summed E-state index contributed by atoms with van der Waals surface area (Å²) in [6.45, 7) is 3.26. The Balaban J connectivity index is 0.721. The Bertz CT molecular complexity index is 3440. The highest BCUT2D eigenvalue weighted by Crippen LogP contribution is 2.32. The second kappa shape index (κ2) is 34.4. The summed E-state index contributed by atoms with van der Waals surface area (Å²) in [4.78, 5) is 75.5. The lowest BCUT2D eigenvalue weighted by Gasteiger charge is -2.30. The number of rotatable bonds is 40. The van der Waals surface area contributed by atoms with Crippen molar-refractivity contribution in [2.75, 3.05) is 0 Å². The molecule has 0 aliphatic rings. The maximum absolute atomic E-state index is 13.6. The van der Waals surface area contributed by atoms with E-state index in [0.29, 0.717) is 77.2 Å². The van der Waals surface area contributed by atoms with Crippen LogP contribution in [-0.2, 0) is 76.5 Å². The maximum Gasteiger partial charge on any atom is 0.423 e. The van der Waals surface area contributed by atoms with Crippen molar-refractivity contribution in [1.29, 1.82) is 0 Å². The monoisotopic (exact) mass is 1210 g/mol. The fourth-order valence-electron chi connectivity index (χ4n) is 12.7. The summed E-state index contributed by atoms with van der Waals surface area (Å²) in [6, 6.07) is 56.8. The van der Waals surface area contributed by atoms with Crippen LogP contribution in [0.5, 0.6) is 0 Å². The van der Waals surface area contributed by atoms with Gasteiger partial charge in [0, 0.05) is 38.5 Å². The third-order valence-corrected chi connectivity index (χ3v) is 17.6. The lowest BCUT2D eigenvalue weighted by Crippen LogP contribution is -2.44. The fraction of sp³-hybridized carbons (Fsp3) is 0.385. The molecule has 0 radical (unpaired) electrons. The Labute approximate surface area is 528 Å². The molecule has 0 aliphatic carbocycles. The third kappa shape index (κ3) is 19.2. The van der Waals surface area contributed by atoms with E-state index >= 15 is 0 Å². The molecule has 9 aromatic carbocycles. The summed E-state index contributed by atoms with van der Waals surface area (Å²) in [7, 11) is 0. The van der Waals surface area contributed by atoms with Gasteiger partial charge in [0.15, 0.2) is 0 Å². The van der Waals surface area contributed by atoms with Gasteiger partial charge >= 0.3 is 23.9 Å². The number of unbranched alkanes of at least 4 members (excludes halogenated alkanes) is 12. The molecule has 0 saturated heterocycles. The van der Waals surface area contributed by atoms with Gasteiger partial charge in [-0.2, -0.15) is 0 Å². The van der Waals surface area contributed by atoms with Crippen LogP contribution in [0.25, 0.3) is 64.6 Å². The molecule has 0 spiro atoms. The first kappa shape index (κ1) is 65.8. The van der Waals surface area contributed by atoms with E-state index in [0.717, 1.165) is 142 Å². The quantitative estimate of drug-likeness (QED) is 0.00895. The maximum atomic E-state index is 13.6. The van der Waals surface area contributed by atoms with E-state index in [1.165, 1.54) is 16.2 Å². The number of carbonyl (C=O) groups excluding carboxylic acids is 6. The molecule has 3 unspecified atom stereocenters. The van der Waals surface area contributed by atoms with Crippen molar-refractivity contribution in [2.45, 2.75) is 192 Å². The van der Waals surface area contributed by atoms with E-state index in [4.69, 9.17) is 28.4 Å². The van der Waals surface area contributed by atoms with Crippen molar-refractivity contribution < 1.29 is 57.2 Å². The lowest BCUT2D eigenvalue weighted by atomic mass is 9.95. The molecule has 3 atom stereocenters. The summed E-state index contributed by atoms with van der Waals surface area (Å²) in [6.07, 6.45) is 14.6. The third-order valence-electron chi connectivity index (χ3n) is 17.6. The molecular formula is C78H86O12. The summed E-state index contributed by atoms with van der Waals surface area (Å²) in [5.41, 5.74) is 3.40. The van der Waals surface area contributed by atoms with Crippen molar-refractivity contribution in [2.24, 2.45) is 0 Å². The van der Waals surface area contributed by atoms with Crippen LogP contribution in [0.2, 0.25) is 0 Å². The van der Waals surface area contributed by atoms with Crippen LogP contribution < -0.4 is 0 Å². The van der Waals surface area contributed by atoms with Crippen LogP contribution in [0, 0.1) is 0 Å². The van der Waals surface area contributed by atoms with Gasteiger partial charge in [-0.3, -0.25) is 28.8 Å². The van der Waals surface area contributed by atoms with Gasteiger partial charge in [0.2, 0.25) is 0 Å².